The topological polar surface area (TPSA) is 44.4 Å². The third kappa shape index (κ3) is 4.38. The van der Waals surface area contributed by atoms with E-state index < -0.39 is 0 Å². The Morgan fingerprint density at radius 1 is 1.19 bits per heavy atom. The molecule has 0 aromatic heterocycles. The Bertz CT molecular complexity index is 801. The van der Waals surface area contributed by atoms with Crippen LogP contribution in [0, 0.1) is 11.7 Å². The van der Waals surface area contributed by atoms with Crippen molar-refractivity contribution in [3.05, 3.63) is 59.9 Å². The molecule has 142 valence electrons. The second-order valence-electron chi connectivity index (χ2n) is 7.16. The molecule has 0 unspecified atom stereocenters. The van der Waals surface area contributed by atoms with Crippen molar-refractivity contribution in [2.24, 2.45) is 5.92 Å². The van der Waals surface area contributed by atoms with Crippen LogP contribution in [0.4, 0.5) is 14.9 Å². The summed E-state index contributed by atoms with van der Waals surface area (Å²) in [6, 6.07) is 14.9. The first-order valence-electron chi connectivity index (χ1n) is 9.45. The van der Waals surface area contributed by atoms with Crippen LogP contribution in [0.3, 0.4) is 0 Å². The molecule has 0 spiro atoms. The molecule has 0 saturated carbocycles. The van der Waals surface area contributed by atoms with E-state index in [4.69, 9.17) is 0 Å². The van der Waals surface area contributed by atoms with Gasteiger partial charge in [0.1, 0.15) is 5.82 Å². The Hall–Kier alpha value is -2.21. The zero-order valence-electron chi connectivity index (χ0n) is 15.2. The van der Waals surface area contributed by atoms with Gasteiger partial charge in [0, 0.05) is 36.0 Å². The van der Waals surface area contributed by atoms with Gasteiger partial charge in [-0.15, -0.1) is 11.8 Å². The van der Waals surface area contributed by atoms with Crippen molar-refractivity contribution in [1.82, 2.24) is 10.6 Å². The van der Waals surface area contributed by atoms with Gasteiger partial charge in [0.05, 0.1) is 6.04 Å². The van der Waals surface area contributed by atoms with Crippen LogP contribution in [-0.2, 0) is 0 Å². The van der Waals surface area contributed by atoms with Gasteiger partial charge in [0.2, 0.25) is 0 Å². The van der Waals surface area contributed by atoms with Crippen LogP contribution in [0.5, 0.6) is 0 Å². The molecule has 2 aliphatic heterocycles. The van der Waals surface area contributed by atoms with Gasteiger partial charge < -0.3 is 15.5 Å². The molecule has 2 heterocycles. The van der Waals surface area contributed by atoms with Crippen LogP contribution >= 0.6 is 11.8 Å². The van der Waals surface area contributed by atoms with Crippen molar-refractivity contribution < 1.29 is 9.18 Å². The molecule has 1 fully saturated rings. The number of thioether (sulfide) groups is 1. The van der Waals surface area contributed by atoms with Gasteiger partial charge >= 0.3 is 6.03 Å². The number of nitrogens with one attached hydrogen (secondary N) is 2. The number of hydrogen-bond donors (Lipinski definition) is 2. The normalized spacial score (nSPS) is 21.6. The fourth-order valence-electron chi connectivity index (χ4n) is 3.83. The van der Waals surface area contributed by atoms with Gasteiger partial charge in [-0.25, -0.2) is 9.18 Å². The Labute approximate surface area is 163 Å². The Morgan fingerprint density at radius 3 is 2.89 bits per heavy atom. The summed E-state index contributed by atoms with van der Waals surface area (Å²) in [6.07, 6.45) is 1.89. The molecule has 0 radical (unpaired) electrons. The summed E-state index contributed by atoms with van der Waals surface area (Å²) < 4.78 is 13.6. The maximum Gasteiger partial charge on any atom is 0.315 e. The van der Waals surface area contributed by atoms with E-state index in [1.165, 1.54) is 11.8 Å². The molecule has 2 aliphatic rings. The number of nitrogens with zero attached hydrogens (tertiary/aromatic N) is 1. The highest BCUT2D eigenvalue weighted by atomic mass is 32.2. The number of anilines is 1. The fourth-order valence-corrected chi connectivity index (χ4v) is 4.94. The number of hydrogen-bond acceptors (Lipinski definition) is 3. The van der Waals surface area contributed by atoms with Crippen LogP contribution in [0.15, 0.2) is 53.4 Å². The summed E-state index contributed by atoms with van der Waals surface area (Å²) in [5, 5.41) is 6.04. The second kappa shape index (κ2) is 8.21. The number of halogens is 1. The van der Waals surface area contributed by atoms with E-state index in [0.29, 0.717) is 12.5 Å². The highest BCUT2D eigenvalue weighted by molar-refractivity contribution is 7.99. The molecule has 2 N–H and O–H groups in total. The first kappa shape index (κ1) is 18.2. The van der Waals surface area contributed by atoms with E-state index in [2.05, 4.69) is 39.8 Å². The van der Waals surface area contributed by atoms with Crippen molar-refractivity contribution in [3.63, 3.8) is 0 Å². The Morgan fingerprint density at radius 2 is 2.04 bits per heavy atom. The molecule has 2 aromatic carbocycles. The molecular weight excluding hydrogens is 361 g/mol. The van der Waals surface area contributed by atoms with E-state index in [0.717, 1.165) is 42.1 Å². The molecule has 6 heteroatoms. The largest absolute Gasteiger partial charge is 0.371 e. The Balaban J connectivity index is 1.28. The summed E-state index contributed by atoms with van der Waals surface area (Å²) in [7, 11) is 0. The summed E-state index contributed by atoms with van der Waals surface area (Å²) in [5.41, 5.74) is 2.13. The average Bonchev–Trinajstić information content (AvgIpc) is 3.17. The number of amides is 2. The van der Waals surface area contributed by atoms with Crippen LogP contribution < -0.4 is 15.5 Å². The smallest absolute Gasteiger partial charge is 0.315 e. The lowest BCUT2D eigenvalue weighted by molar-refractivity contribution is 0.235. The van der Waals surface area contributed by atoms with Gasteiger partial charge in [0.25, 0.3) is 0 Å². The van der Waals surface area contributed by atoms with Crippen molar-refractivity contribution in [2.75, 3.05) is 30.3 Å². The zero-order chi connectivity index (χ0) is 18.6. The summed E-state index contributed by atoms with van der Waals surface area (Å²) in [4.78, 5) is 15.8. The van der Waals surface area contributed by atoms with Crippen LogP contribution in [0.2, 0.25) is 0 Å². The SMILES string of the molecule is O=C(NC[C@H]1CCN(c2ccccc2)C1)N[C@@H]1CCSc2ccc(F)cc21. The minimum Gasteiger partial charge on any atom is -0.371 e. The number of carbonyl (C=O) groups excluding carboxylic acids is 1. The molecule has 2 amide bonds. The molecule has 0 bridgehead atoms. The predicted octanol–water partition coefficient (Wildman–Crippen LogP) is 4.19. The molecule has 4 nitrogen and oxygen atoms in total. The van der Waals surface area contributed by atoms with E-state index >= 15 is 0 Å². The van der Waals surface area contributed by atoms with Gasteiger partial charge in [-0.2, -0.15) is 0 Å². The van der Waals surface area contributed by atoms with E-state index in [9.17, 15) is 9.18 Å². The molecular formula is C21H24FN3OS. The number of urea groups is 1. The van der Waals surface area contributed by atoms with E-state index in [1.807, 2.05) is 6.07 Å². The molecule has 2 atom stereocenters. The highest BCUT2D eigenvalue weighted by Crippen LogP contribution is 2.36. The summed E-state index contributed by atoms with van der Waals surface area (Å²) in [5.74, 6) is 1.12. The molecule has 2 aromatic rings. The maximum atomic E-state index is 13.6. The zero-order valence-corrected chi connectivity index (χ0v) is 16.0. The van der Waals surface area contributed by atoms with Crippen molar-refractivity contribution in [2.45, 2.75) is 23.8 Å². The number of para-hydroxylation sites is 1. The lowest BCUT2D eigenvalue weighted by Gasteiger charge is -2.26. The highest BCUT2D eigenvalue weighted by Gasteiger charge is 2.25. The Kier molecular flexibility index (Phi) is 5.53. The number of fused-ring (bicyclic) bond motifs is 1. The van der Waals surface area contributed by atoms with E-state index in [-0.39, 0.29) is 17.9 Å². The lowest BCUT2D eigenvalue weighted by atomic mass is 10.0. The monoisotopic (exact) mass is 385 g/mol. The average molecular weight is 386 g/mol. The number of carbonyl (C=O) groups is 1. The second-order valence-corrected chi connectivity index (χ2v) is 8.30. The minimum absolute atomic E-state index is 0.124. The van der Waals surface area contributed by atoms with Gasteiger partial charge in [-0.1, -0.05) is 18.2 Å². The molecule has 0 aliphatic carbocycles. The predicted molar refractivity (Wildman–Crippen MR) is 108 cm³/mol. The maximum absolute atomic E-state index is 13.6. The standard InChI is InChI=1S/C21H24FN3OS/c22-16-6-7-20-18(12-16)19(9-11-27-20)24-21(26)23-13-15-8-10-25(14-15)17-4-2-1-3-5-17/h1-7,12,15,19H,8-11,13-14H2,(H2,23,24,26)/t15-,19-/m1/s1. The fraction of sp³-hybridized carbons (Fsp3) is 0.381. The molecule has 4 rings (SSSR count). The third-order valence-corrected chi connectivity index (χ3v) is 6.40. The van der Waals surface area contributed by atoms with Crippen molar-refractivity contribution in [1.29, 1.82) is 0 Å². The number of benzene rings is 2. The van der Waals surface area contributed by atoms with Gasteiger partial charge in [-0.3, -0.25) is 0 Å². The van der Waals surface area contributed by atoms with Gasteiger partial charge in [0.15, 0.2) is 0 Å². The summed E-state index contributed by atoms with van der Waals surface area (Å²) >= 11 is 1.72. The van der Waals surface area contributed by atoms with Crippen molar-refractivity contribution >= 4 is 23.5 Å². The first-order chi connectivity index (χ1) is 13.2. The third-order valence-electron chi connectivity index (χ3n) is 5.28. The minimum atomic E-state index is -0.254. The molecule has 1 saturated heterocycles. The van der Waals surface area contributed by atoms with Gasteiger partial charge in [-0.05, 0) is 54.7 Å². The molecule has 27 heavy (non-hydrogen) atoms. The van der Waals surface area contributed by atoms with Crippen LogP contribution in [0.25, 0.3) is 0 Å². The van der Waals surface area contributed by atoms with Crippen LogP contribution in [0.1, 0.15) is 24.4 Å². The number of rotatable bonds is 4. The first-order valence-corrected chi connectivity index (χ1v) is 10.4. The summed E-state index contributed by atoms with van der Waals surface area (Å²) in [6.45, 7) is 2.63. The van der Waals surface area contributed by atoms with Crippen molar-refractivity contribution in [3.8, 4) is 0 Å². The van der Waals surface area contributed by atoms with Crippen LogP contribution in [-0.4, -0.2) is 31.4 Å². The quantitative estimate of drug-likeness (QED) is 0.830. The lowest BCUT2D eigenvalue weighted by Crippen LogP contribution is -2.41. The van der Waals surface area contributed by atoms with E-state index in [1.54, 1.807) is 23.9 Å².